The molecule has 7 nitrogen and oxygen atoms in total. The van der Waals surface area contributed by atoms with Gasteiger partial charge in [-0.05, 0) is 13.0 Å². The van der Waals surface area contributed by atoms with E-state index in [-0.39, 0.29) is 6.07 Å². The molecule has 21 heavy (non-hydrogen) atoms. The van der Waals surface area contributed by atoms with Crippen molar-refractivity contribution >= 4 is 27.6 Å². The highest BCUT2D eigenvalue weighted by molar-refractivity contribution is 7.94. The summed E-state index contributed by atoms with van der Waals surface area (Å²) in [6, 6.07) is 0.707. The Morgan fingerprint density at radius 2 is 1.86 bits per heavy atom. The highest BCUT2D eigenvalue weighted by Crippen LogP contribution is 2.22. The summed E-state index contributed by atoms with van der Waals surface area (Å²) in [6.45, 7) is 0.994. The Hall–Kier alpha value is -2.23. The molecule has 2 N–H and O–H groups in total. The molecule has 1 aromatic carbocycles. The number of hydrogen-bond acceptors (Lipinski definition) is 5. The van der Waals surface area contributed by atoms with Crippen LogP contribution in [0.25, 0.3) is 0 Å². The number of nitrogens with one attached hydrogen (secondary N) is 1. The minimum Gasteiger partial charge on any atom is -0.478 e. The summed E-state index contributed by atoms with van der Waals surface area (Å²) in [4.78, 5) is 21.9. The van der Waals surface area contributed by atoms with Crippen LogP contribution in [0.4, 0.5) is 14.5 Å². The lowest BCUT2D eigenvalue weighted by Crippen LogP contribution is -2.33. The van der Waals surface area contributed by atoms with Gasteiger partial charge in [-0.3, -0.25) is 9.52 Å². The highest BCUT2D eigenvalue weighted by Gasteiger charge is 2.30. The first-order valence-electron chi connectivity index (χ1n) is 5.42. The lowest BCUT2D eigenvalue weighted by Gasteiger charge is -2.14. The number of esters is 1. The molecule has 0 aromatic heterocycles. The Labute approximate surface area is 118 Å². The molecule has 1 rings (SSSR count). The largest absolute Gasteiger partial charge is 0.478 e. The number of halogens is 2. The van der Waals surface area contributed by atoms with Crippen LogP contribution in [-0.2, 0) is 19.6 Å². The van der Waals surface area contributed by atoms with Gasteiger partial charge in [-0.1, -0.05) is 0 Å². The Balaban J connectivity index is 3.22. The fourth-order valence-electron chi connectivity index (χ4n) is 1.33. The molecule has 0 radical (unpaired) electrons. The van der Waals surface area contributed by atoms with Gasteiger partial charge in [0, 0.05) is 6.07 Å². The Morgan fingerprint density at radius 1 is 1.29 bits per heavy atom. The standard InChI is InChI=1S/C11H11F2NO6S/c1-5(11(17)20-2)21(18,19)14-9-3-6(10(15)16)7(12)4-8(9)13/h3-5,14H,1-2H3,(H,15,16). The number of hydrogen-bond donors (Lipinski definition) is 2. The predicted molar refractivity (Wildman–Crippen MR) is 67.3 cm³/mol. The molecule has 116 valence electrons. The molecular formula is C11H11F2NO6S. The normalized spacial score (nSPS) is 12.6. The SMILES string of the molecule is COC(=O)C(C)S(=O)(=O)Nc1cc(C(=O)O)c(F)cc1F. The zero-order chi connectivity index (χ0) is 16.4. The average molecular weight is 323 g/mol. The lowest BCUT2D eigenvalue weighted by molar-refractivity contribution is -0.139. The van der Waals surface area contributed by atoms with Crippen LogP contribution in [0.1, 0.15) is 17.3 Å². The maximum atomic E-state index is 13.5. The molecule has 1 aromatic rings. The van der Waals surface area contributed by atoms with Crippen molar-refractivity contribution in [2.75, 3.05) is 11.8 Å². The lowest BCUT2D eigenvalue weighted by atomic mass is 10.2. The number of methoxy groups -OCH3 is 1. The van der Waals surface area contributed by atoms with Crippen LogP contribution in [0.3, 0.4) is 0 Å². The maximum absolute atomic E-state index is 13.5. The van der Waals surface area contributed by atoms with Gasteiger partial charge in [-0.25, -0.2) is 22.0 Å². The van der Waals surface area contributed by atoms with Crippen molar-refractivity contribution in [3.63, 3.8) is 0 Å². The summed E-state index contributed by atoms with van der Waals surface area (Å²) in [7, 11) is -3.41. The quantitative estimate of drug-likeness (QED) is 0.781. The topological polar surface area (TPSA) is 110 Å². The Bertz CT molecular complexity index is 688. The van der Waals surface area contributed by atoms with Gasteiger partial charge in [0.1, 0.15) is 11.6 Å². The van der Waals surface area contributed by atoms with Crippen LogP contribution in [0.2, 0.25) is 0 Å². The Kier molecular flexibility index (Phi) is 4.84. The van der Waals surface area contributed by atoms with E-state index in [1.807, 2.05) is 0 Å². The molecule has 0 spiro atoms. The summed E-state index contributed by atoms with van der Waals surface area (Å²) in [5, 5.41) is 7.03. The van der Waals surface area contributed by atoms with Crippen LogP contribution >= 0.6 is 0 Å². The second-order valence-electron chi connectivity index (χ2n) is 3.93. The van der Waals surface area contributed by atoms with E-state index in [0.29, 0.717) is 6.07 Å². The number of carbonyl (C=O) groups excluding carboxylic acids is 1. The number of aromatic carboxylic acids is 1. The van der Waals surface area contributed by atoms with E-state index >= 15 is 0 Å². The van der Waals surface area contributed by atoms with Crippen molar-refractivity contribution in [3.8, 4) is 0 Å². The second kappa shape index (κ2) is 6.04. The van der Waals surface area contributed by atoms with Gasteiger partial charge in [-0.2, -0.15) is 0 Å². The van der Waals surface area contributed by atoms with Gasteiger partial charge in [0.15, 0.2) is 5.25 Å². The second-order valence-corrected chi connectivity index (χ2v) is 5.93. The number of sulfonamides is 1. The van der Waals surface area contributed by atoms with Crippen LogP contribution in [-0.4, -0.2) is 37.8 Å². The van der Waals surface area contributed by atoms with Crippen molar-refractivity contribution in [3.05, 3.63) is 29.3 Å². The first kappa shape index (κ1) is 16.8. The van der Waals surface area contributed by atoms with Crippen LogP contribution in [0, 0.1) is 11.6 Å². The molecule has 0 aliphatic carbocycles. The minimum atomic E-state index is -4.38. The smallest absolute Gasteiger partial charge is 0.338 e. The summed E-state index contributed by atoms with van der Waals surface area (Å²) in [5.74, 6) is -5.47. The molecule has 1 unspecified atom stereocenters. The molecule has 0 heterocycles. The van der Waals surface area contributed by atoms with Crippen molar-refractivity contribution in [1.82, 2.24) is 0 Å². The molecule has 0 saturated heterocycles. The summed E-state index contributed by atoms with van der Waals surface area (Å²) >= 11 is 0. The van der Waals surface area contributed by atoms with Crippen LogP contribution in [0.5, 0.6) is 0 Å². The zero-order valence-electron chi connectivity index (χ0n) is 10.9. The van der Waals surface area contributed by atoms with Crippen molar-refractivity contribution < 1.29 is 36.6 Å². The van der Waals surface area contributed by atoms with E-state index in [1.54, 1.807) is 4.72 Å². The highest BCUT2D eigenvalue weighted by atomic mass is 32.2. The summed E-state index contributed by atoms with van der Waals surface area (Å²) in [6.07, 6.45) is 0. The van der Waals surface area contributed by atoms with Gasteiger partial charge in [0.25, 0.3) is 0 Å². The molecule has 10 heteroatoms. The number of anilines is 1. The van der Waals surface area contributed by atoms with Gasteiger partial charge < -0.3 is 9.84 Å². The monoisotopic (exact) mass is 323 g/mol. The summed E-state index contributed by atoms with van der Waals surface area (Å²) in [5.41, 5.74) is -1.70. The molecular weight excluding hydrogens is 312 g/mol. The predicted octanol–water partition coefficient (Wildman–Crippen LogP) is 0.966. The summed E-state index contributed by atoms with van der Waals surface area (Å²) < 4.78 is 56.2. The van der Waals surface area contributed by atoms with Crippen molar-refractivity contribution in [2.45, 2.75) is 12.2 Å². The Morgan fingerprint density at radius 3 is 2.33 bits per heavy atom. The van der Waals surface area contributed by atoms with Gasteiger partial charge in [0.05, 0.1) is 18.4 Å². The fourth-order valence-corrected chi connectivity index (χ4v) is 2.31. The molecule has 0 aliphatic rings. The molecule has 0 bridgehead atoms. The third-order valence-corrected chi connectivity index (χ3v) is 4.17. The van der Waals surface area contributed by atoms with E-state index in [1.165, 1.54) is 0 Å². The van der Waals surface area contributed by atoms with Crippen molar-refractivity contribution in [2.24, 2.45) is 0 Å². The van der Waals surface area contributed by atoms with Gasteiger partial charge in [0.2, 0.25) is 10.0 Å². The third-order valence-electron chi connectivity index (χ3n) is 2.54. The van der Waals surface area contributed by atoms with E-state index in [2.05, 4.69) is 4.74 Å². The molecule has 0 amide bonds. The molecule has 0 saturated carbocycles. The van der Waals surface area contributed by atoms with E-state index in [0.717, 1.165) is 14.0 Å². The van der Waals surface area contributed by atoms with Crippen LogP contribution < -0.4 is 4.72 Å². The molecule has 1 atom stereocenters. The number of carboxylic acids is 1. The van der Waals surface area contributed by atoms with E-state index < -0.39 is 50.1 Å². The average Bonchev–Trinajstić information content (AvgIpc) is 2.39. The fraction of sp³-hybridized carbons (Fsp3) is 0.273. The van der Waals surface area contributed by atoms with Crippen LogP contribution in [0.15, 0.2) is 12.1 Å². The first-order valence-corrected chi connectivity index (χ1v) is 6.96. The maximum Gasteiger partial charge on any atom is 0.338 e. The van der Waals surface area contributed by atoms with E-state index in [9.17, 15) is 26.8 Å². The minimum absolute atomic E-state index is 0.226. The van der Waals surface area contributed by atoms with Gasteiger partial charge >= 0.3 is 11.9 Å². The number of carbonyl (C=O) groups is 2. The van der Waals surface area contributed by atoms with Gasteiger partial charge in [-0.15, -0.1) is 0 Å². The molecule has 0 fully saturated rings. The number of ether oxygens (including phenoxy) is 1. The first-order chi connectivity index (χ1) is 9.60. The van der Waals surface area contributed by atoms with E-state index in [4.69, 9.17) is 5.11 Å². The number of rotatable bonds is 5. The number of benzene rings is 1. The zero-order valence-corrected chi connectivity index (χ0v) is 11.7. The van der Waals surface area contributed by atoms with Crippen molar-refractivity contribution in [1.29, 1.82) is 0 Å². The number of carboxylic acid groups (broad SMARTS) is 1. The molecule has 0 aliphatic heterocycles. The third kappa shape index (κ3) is 3.66.